The van der Waals surface area contributed by atoms with E-state index in [9.17, 15) is 4.79 Å². The van der Waals surface area contributed by atoms with Crippen molar-refractivity contribution >= 4 is 17.0 Å². The van der Waals surface area contributed by atoms with Crippen molar-refractivity contribution in [1.82, 2.24) is 14.0 Å². The molecule has 1 saturated heterocycles. The van der Waals surface area contributed by atoms with Crippen LogP contribution in [0, 0.1) is 12.3 Å². The minimum Gasteiger partial charge on any atom is -0.370 e. The van der Waals surface area contributed by atoms with Crippen LogP contribution in [0.5, 0.6) is 0 Å². The van der Waals surface area contributed by atoms with Crippen LogP contribution in [0.4, 0.5) is 0 Å². The van der Waals surface area contributed by atoms with Crippen LogP contribution in [-0.4, -0.2) is 33.1 Å². The number of piperidine rings is 1. The predicted octanol–water partition coefficient (Wildman–Crippen LogP) is 2.85. The Balaban J connectivity index is 1.76. The van der Waals surface area contributed by atoms with Gasteiger partial charge in [-0.25, -0.2) is 4.79 Å². The number of aryl methyl sites for hydroxylation is 2. The van der Waals surface area contributed by atoms with Gasteiger partial charge in [-0.3, -0.25) is 14.5 Å². The van der Waals surface area contributed by atoms with E-state index in [2.05, 4.69) is 37.3 Å². The first kappa shape index (κ1) is 17.4. The standard InChI is InChI=1S/C21H25N5O/c1-14-5-3-4-6-17(14)15-7-8-18-19(13-15)24(2)21(27)26(18)16-9-11-25(12-10-16)20(22)23/h3-8,13,16H,9-12H2,1-2H3,(H3,22,23). The molecule has 27 heavy (non-hydrogen) atoms. The number of nitrogens with two attached hydrogens (primary N) is 1. The van der Waals surface area contributed by atoms with Crippen LogP contribution in [0.1, 0.15) is 24.4 Å². The van der Waals surface area contributed by atoms with Crippen molar-refractivity contribution in [3.05, 3.63) is 58.5 Å². The van der Waals surface area contributed by atoms with Crippen molar-refractivity contribution in [3.63, 3.8) is 0 Å². The molecule has 3 aromatic rings. The third kappa shape index (κ3) is 2.91. The zero-order valence-corrected chi connectivity index (χ0v) is 15.8. The Morgan fingerprint density at radius 1 is 1.11 bits per heavy atom. The summed E-state index contributed by atoms with van der Waals surface area (Å²) in [5, 5.41) is 7.59. The predicted molar refractivity (Wildman–Crippen MR) is 109 cm³/mol. The molecule has 0 spiro atoms. The van der Waals surface area contributed by atoms with Crippen LogP contribution in [0.3, 0.4) is 0 Å². The molecule has 1 aromatic heterocycles. The van der Waals surface area contributed by atoms with E-state index in [0.717, 1.165) is 29.4 Å². The number of fused-ring (bicyclic) bond motifs is 1. The molecule has 0 radical (unpaired) electrons. The molecule has 0 unspecified atom stereocenters. The molecule has 0 saturated carbocycles. The molecule has 6 nitrogen and oxygen atoms in total. The van der Waals surface area contributed by atoms with E-state index in [4.69, 9.17) is 11.1 Å². The number of likely N-dealkylation sites (tertiary alicyclic amines) is 1. The molecule has 1 aliphatic heterocycles. The number of hydrogen-bond donors (Lipinski definition) is 2. The van der Waals surface area contributed by atoms with Gasteiger partial charge in [0.1, 0.15) is 0 Å². The van der Waals surface area contributed by atoms with E-state index in [1.165, 1.54) is 11.1 Å². The van der Waals surface area contributed by atoms with Gasteiger partial charge in [-0.2, -0.15) is 0 Å². The largest absolute Gasteiger partial charge is 0.370 e. The number of aromatic nitrogens is 2. The lowest BCUT2D eigenvalue weighted by Crippen LogP contribution is -2.43. The highest BCUT2D eigenvalue weighted by Crippen LogP contribution is 2.29. The van der Waals surface area contributed by atoms with Gasteiger partial charge >= 0.3 is 5.69 Å². The quantitative estimate of drug-likeness (QED) is 0.543. The number of imidazole rings is 1. The van der Waals surface area contributed by atoms with E-state index in [0.29, 0.717) is 13.1 Å². The van der Waals surface area contributed by atoms with Crippen molar-refractivity contribution in [2.45, 2.75) is 25.8 Å². The van der Waals surface area contributed by atoms with E-state index < -0.39 is 0 Å². The van der Waals surface area contributed by atoms with E-state index in [1.807, 2.05) is 28.6 Å². The van der Waals surface area contributed by atoms with Crippen molar-refractivity contribution in [2.75, 3.05) is 13.1 Å². The number of hydrogen-bond acceptors (Lipinski definition) is 2. The number of rotatable bonds is 2. The van der Waals surface area contributed by atoms with Crippen LogP contribution >= 0.6 is 0 Å². The maximum Gasteiger partial charge on any atom is 0.329 e. The fourth-order valence-electron chi connectivity index (χ4n) is 4.15. The number of nitrogens with one attached hydrogen (secondary N) is 1. The molecule has 0 aliphatic carbocycles. The molecule has 4 rings (SSSR count). The minimum absolute atomic E-state index is 0.0215. The summed E-state index contributed by atoms with van der Waals surface area (Å²) in [6, 6.07) is 14.7. The maximum atomic E-state index is 13.0. The first-order chi connectivity index (χ1) is 13.0. The summed E-state index contributed by atoms with van der Waals surface area (Å²) in [4.78, 5) is 14.8. The monoisotopic (exact) mass is 363 g/mol. The molecule has 0 bridgehead atoms. The molecular weight excluding hydrogens is 338 g/mol. The van der Waals surface area contributed by atoms with Gasteiger partial charge in [0.25, 0.3) is 0 Å². The van der Waals surface area contributed by atoms with Gasteiger partial charge < -0.3 is 10.6 Å². The second kappa shape index (κ2) is 6.61. The first-order valence-corrected chi connectivity index (χ1v) is 9.33. The van der Waals surface area contributed by atoms with Gasteiger partial charge in [-0.1, -0.05) is 30.3 Å². The van der Waals surface area contributed by atoms with Gasteiger partial charge in [0.05, 0.1) is 11.0 Å². The molecule has 2 aromatic carbocycles. The Morgan fingerprint density at radius 2 is 1.81 bits per heavy atom. The molecule has 2 heterocycles. The lowest BCUT2D eigenvalue weighted by atomic mass is 10.00. The zero-order chi connectivity index (χ0) is 19.1. The molecule has 0 atom stereocenters. The zero-order valence-electron chi connectivity index (χ0n) is 15.8. The minimum atomic E-state index is 0.0215. The summed E-state index contributed by atoms with van der Waals surface area (Å²) in [6.07, 6.45) is 1.64. The highest BCUT2D eigenvalue weighted by atomic mass is 16.1. The van der Waals surface area contributed by atoms with Crippen LogP contribution in [0.25, 0.3) is 22.2 Å². The van der Waals surface area contributed by atoms with Crippen LogP contribution in [0.2, 0.25) is 0 Å². The Morgan fingerprint density at radius 3 is 2.48 bits per heavy atom. The van der Waals surface area contributed by atoms with E-state index in [1.54, 1.807) is 4.57 Å². The molecule has 0 amide bonds. The van der Waals surface area contributed by atoms with Crippen molar-refractivity contribution in [3.8, 4) is 11.1 Å². The van der Waals surface area contributed by atoms with Crippen molar-refractivity contribution in [1.29, 1.82) is 5.41 Å². The fraction of sp³-hybridized carbons (Fsp3) is 0.333. The van der Waals surface area contributed by atoms with Gasteiger partial charge in [0.2, 0.25) is 0 Å². The highest BCUT2D eigenvalue weighted by Gasteiger charge is 2.25. The van der Waals surface area contributed by atoms with Gasteiger partial charge in [-0.05, 0) is 48.6 Å². The van der Waals surface area contributed by atoms with Crippen molar-refractivity contribution < 1.29 is 0 Å². The number of nitrogens with zero attached hydrogens (tertiary/aromatic N) is 3. The second-order valence-electron chi connectivity index (χ2n) is 7.33. The lowest BCUT2D eigenvalue weighted by molar-refractivity contribution is 0.263. The summed E-state index contributed by atoms with van der Waals surface area (Å²) in [5.41, 5.74) is 11.1. The van der Waals surface area contributed by atoms with E-state index >= 15 is 0 Å². The van der Waals surface area contributed by atoms with Crippen LogP contribution < -0.4 is 11.4 Å². The molecule has 1 aliphatic rings. The van der Waals surface area contributed by atoms with Gasteiger partial charge in [0, 0.05) is 26.2 Å². The normalized spacial score (nSPS) is 15.4. The van der Waals surface area contributed by atoms with Gasteiger partial charge in [-0.15, -0.1) is 0 Å². The maximum absolute atomic E-state index is 13.0. The number of guanidine groups is 1. The number of benzene rings is 2. The van der Waals surface area contributed by atoms with E-state index in [-0.39, 0.29) is 17.7 Å². The average Bonchev–Trinajstić information content (AvgIpc) is 2.92. The smallest absolute Gasteiger partial charge is 0.329 e. The molecule has 1 fully saturated rings. The summed E-state index contributed by atoms with van der Waals surface area (Å²) in [7, 11) is 1.84. The van der Waals surface area contributed by atoms with Crippen LogP contribution in [0.15, 0.2) is 47.3 Å². The Bertz CT molecular complexity index is 1070. The SMILES string of the molecule is Cc1ccccc1-c1ccc2c(c1)n(C)c(=O)n2C1CCN(C(=N)N)CC1. The van der Waals surface area contributed by atoms with Crippen molar-refractivity contribution in [2.24, 2.45) is 12.8 Å². The summed E-state index contributed by atoms with van der Waals surface area (Å²) >= 11 is 0. The summed E-state index contributed by atoms with van der Waals surface area (Å²) < 4.78 is 3.67. The molecule has 140 valence electrons. The highest BCUT2D eigenvalue weighted by molar-refractivity contribution is 5.83. The van der Waals surface area contributed by atoms with Crippen LogP contribution in [-0.2, 0) is 7.05 Å². The Hall–Kier alpha value is -3.02. The molecule has 6 heteroatoms. The second-order valence-corrected chi connectivity index (χ2v) is 7.33. The first-order valence-electron chi connectivity index (χ1n) is 9.33. The third-order valence-electron chi connectivity index (χ3n) is 5.72. The molecular formula is C21H25N5O. The Labute approximate surface area is 158 Å². The molecule has 3 N–H and O–H groups in total. The summed E-state index contributed by atoms with van der Waals surface area (Å²) in [6.45, 7) is 3.53. The van der Waals surface area contributed by atoms with Gasteiger partial charge in [0.15, 0.2) is 5.96 Å². The Kier molecular flexibility index (Phi) is 4.26. The third-order valence-corrected chi connectivity index (χ3v) is 5.72. The topological polar surface area (TPSA) is 80.0 Å². The lowest BCUT2D eigenvalue weighted by Gasteiger charge is -2.32. The fourth-order valence-corrected chi connectivity index (χ4v) is 4.15. The average molecular weight is 363 g/mol. The summed E-state index contributed by atoms with van der Waals surface area (Å²) in [5.74, 6) is 0.113.